The summed E-state index contributed by atoms with van der Waals surface area (Å²) in [6.07, 6.45) is 2.90. The number of benzene rings is 2. The number of fused-ring (bicyclic) bond motifs is 1. The van der Waals surface area contributed by atoms with Crippen LogP contribution in [0.3, 0.4) is 0 Å². The molecule has 0 saturated heterocycles. The van der Waals surface area contributed by atoms with Gasteiger partial charge in [-0.15, -0.1) is 0 Å². The molecule has 0 bridgehead atoms. The summed E-state index contributed by atoms with van der Waals surface area (Å²) in [4.78, 5) is 25.6. The van der Waals surface area contributed by atoms with E-state index in [1.54, 1.807) is 24.3 Å². The number of hydrogen-bond acceptors (Lipinski definition) is 5. The third kappa shape index (κ3) is 3.50. The molecule has 0 aliphatic carbocycles. The fourth-order valence-electron chi connectivity index (χ4n) is 2.63. The third-order valence-corrected chi connectivity index (χ3v) is 4.22. The van der Waals surface area contributed by atoms with Crippen LogP contribution in [0.1, 0.15) is 5.56 Å². The van der Waals surface area contributed by atoms with E-state index in [0.29, 0.717) is 23.0 Å². The van der Waals surface area contributed by atoms with Crippen LogP contribution in [0.15, 0.2) is 65.7 Å². The molecule has 0 spiro atoms. The summed E-state index contributed by atoms with van der Waals surface area (Å²) >= 11 is 5.91. The molecule has 1 N–H and O–H groups in total. The smallest absolute Gasteiger partial charge is 0.300 e. The fourth-order valence-corrected chi connectivity index (χ4v) is 2.75. The second kappa shape index (κ2) is 7.13. The summed E-state index contributed by atoms with van der Waals surface area (Å²) in [5.41, 5.74) is 4.55. The van der Waals surface area contributed by atoms with Crippen LogP contribution in [0.4, 0.5) is 4.39 Å². The number of rotatable bonds is 4. The Morgan fingerprint density at radius 2 is 1.70 bits per heavy atom. The number of nitrogens with zero attached hydrogens (tertiary/aromatic N) is 4. The van der Waals surface area contributed by atoms with E-state index in [9.17, 15) is 9.18 Å². The highest BCUT2D eigenvalue weighted by Gasteiger charge is 2.14. The first-order valence-corrected chi connectivity index (χ1v) is 8.47. The summed E-state index contributed by atoms with van der Waals surface area (Å²) < 4.78 is 14.6. The van der Waals surface area contributed by atoms with Crippen LogP contribution in [0.5, 0.6) is 0 Å². The van der Waals surface area contributed by atoms with Gasteiger partial charge in [-0.3, -0.25) is 4.79 Å². The minimum absolute atomic E-state index is 0.145. The Morgan fingerprint density at radius 3 is 2.44 bits per heavy atom. The molecule has 0 atom stereocenters. The molecule has 27 heavy (non-hydrogen) atoms. The predicted octanol–water partition coefficient (Wildman–Crippen LogP) is 3.39. The Kier molecular flexibility index (Phi) is 4.52. The molecule has 0 aliphatic heterocycles. The highest BCUT2D eigenvalue weighted by molar-refractivity contribution is 6.30. The summed E-state index contributed by atoms with van der Waals surface area (Å²) in [6.45, 7) is 0.360. The lowest BCUT2D eigenvalue weighted by molar-refractivity contribution is 0.628. The van der Waals surface area contributed by atoms with Crippen molar-refractivity contribution in [1.29, 1.82) is 0 Å². The molecule has 6 nitrogen and oxygen atoms in total. The molecule has 0 aliphatic rings. The van der Waals surface area contributed by atoms with Crippen molar-refractivity contribution in [2.24, 2.45) is 0 Å². The lowest BCUT2D eigenvalue weighted by atomic mass is 10.2. The van der Waals surface area contributed by atoms with Crippen LogP contribution in [0.25, 0.3) is 22.6 Å². The zero-order valence-corrected chi connectivity index (χ0v) is 14.7. The average molecular weight is 382 g/mol. The summed E-state index contributed by atoms with van der Waals surface area (Å²) in [5.74, 6) is -0.0516. The Labute approximate surface area is 158 Å². The van der Waals surface area contributed by atoms with Gasteiger partial charge >= 0.3 is 5.56 Å². The van der Waals surface area contributed by atoms with E-state index >= 15 is 0 Å². The quantitative estimate of drug-likeness (QED) is 0.586. The summed E-state index contributed by atoms with van der Waals surface area (Å²) in [7, 11) is 0. The lowest BCUT2D eigenvalue weighted by Crippen LogP contribution is -2.32. The molecule has 0 amide bonds. The van der Waals surface area contributed by atoms with Gasteiger partial charge in [0.1, 0.15) is 5.82 Å². The van der Waals surface area contributed by atoms with Gasteiger partial charge in [0.25, 0.3) is 0 Å². The average Bonchev–Trinajstić information content (AvgIpc) is 2.69. The second-order valence-corrected chi connectivity index (χ2v) is 6.21. The summed E-state index contributed by atoms with van der Waals surface area (Å²) in [6, 6.07) is 13.0. The normalized spacial score (nSPS) is 10.9. The first-order chi connectivity index (χ1) is 13.1. The van der Waals surface area contributed by atoms with Gasteiger partial charge in [0, 0.05) is 23.0 Å². The molecule has 4 aromatic rings. The van der Waals surface area contributed by atoms with Crippen LogP contribution in [0, 0.1) is 5.82 Å². The van der Waals surface area contributed by atoms with Gasteiger partial charge in [-0.25, -0.2) is 24.0 Å². The van der Waals surface area contributed by atoms with Crippen LogP contribution < -0.4 is 11.0 Å². The van der Waals surface area contributed by atoms with Crippen molar-refractivity contribution >= 4 is 22.8 Å². The topological polar surface area (TPSA) is 72.7 Å². The maximum absolute atomic E-state index is 13.3. The van der Waals surface area contributed by atoms with Crippen LogP contribution in [-0.4, -0.2) is 19.6 Å². The molecule has 2 aromatic carbocycles. The molecule has 8 heteroatoms. The predicted molar refractivity (Wildman–Crippen MR) is 102 cm³/mol. The van der Waals surface area contributed by atoms with Gasteiger partial charge in [0.2, 0.25) is 0 Å². The van der Waals surface area contributed by atoms with Gasteiger partial charge in [0.15, 0.2) is 17.0 Å². The Balaban J connectivity index is 1.82. The first-order valence-electron chi connectivity index (χ1n) is 8.10. The van der Waals surface area contributed by atoms with E-state index in [1.165, 1.54) is 29.2 Å². The number of aromatic nitrogens is 4. The molecule has 2 aromatic heterocycles. The van der Waals surface area contributed by atoms with Crippen molar-refractivity contribution < 1.29 is 4.39 Å². The molecule has 0 fully saturated rings. The number of nitrogens with one attached hydrogen (secondary N) is 1. The Bertz CT molecular complexity index is 1160. The van der Waals surface area contributed by atoms with Crippen LogP contribution in [0.2, 0.25) is 5.02 Å². The van der Waals surface area contributed by atoms with Crippen molar-refractivity contribution in [3.63, 3.8) is 0 Å². The lowest BCUT2D eigenvalue weighted by Gasteiger charge is -2.15. The zero-order chi connectivity index (χ0) is 18.8. The van der Waals surface area contributed by atoms with Crippen molar-refractivity contribution in [3.8, 4) is 11.4 Å². The van der Waals surface area contributed by atoms with Crippen molar-refractivity contribution in [2.75, 3.05) is 5.43 Å². The minimum Gasteiger partial charge on any atom is -0.317 e. The highest BCUT2D eigenvalue weighted by Crippen LogP contribution is 2.18. The first kappa shape index (κ1) is 17.1. The molecular formula is C19H13ClFN5O. The van der Waals surface area contributed by atoms with E-state index in [4.69, 9.17) is 11.6 Å². The number of hydrogen-bond donors (Lipinski definition) is 1. The monoisotopic (exact) mass is 381 g/mol. The van der Waals surface area contributed by atoms with E-state index in [1.807, 2.05) is 12.1 Å². The van der Waals surface area contributed by atoms with Crippen molar-refractivity contribution in [3.05, 3.63) is 87.7 Å². The molecule has 0 unspecified atom stereocenters. The third-order valence-electron chi connectivity index (χ3n) is 3.97. The van der Waals surface area contributed by atoms with E-state index < -0.39 is 0 Å². The molecule has 4 rings (SSSR count). The molecule has 0 radical (unpaired) electrons. The summed E-state index contributed by atoms with van der Waals surface area (Å²) in [5, 5.41) is 0.630. The molecule has 134 valence electrons. The molecule has 2 heterocycles. The van der Waals surface area contributed by atoms with Crippen molar-refractivity contribution in [2.45, 2.75) is 6.54 Å². The maximum Gasteiger partial charge on any atom is 0.300 e. The largest absolute Gasteiger partial charge is 0.317 e. The molecule has 0 saturated carbocycles. The van der Waals surface area contributed by atoms with Crippen LogP contribution >= 0.6 is 11.6 Å². The minimum atomic E-state index is -0.388. The van der Waals surface area contributed by atoms with Gasteiger partial charge < -0.3 is 5.43 Å². The van der Waals surface area contributed by atoms with Crippen molar-refractivity contribution in [1.82, 2.24) is 19.6 Å². The molecular weight excluding hydrogens is 369 g/mol. The van der Waals surface area contributed by atoms with Gasteiger partial charge in [-0.2, -0.15) is 0 Å². The Morgan fingerprint density at radius 1 is 1.00 bits per heavy atom. The van der Waals surface area contributed by atoms with E-state index in [-0.39, 0.29) is 22.5 Å². The maximum atomic E-state index is 13.3. The SMILES string of the molecule is O=c1c2nccnc2nc(-c2ccc(F)cc2)n1NCc1ccc(Cl)cc1. The van der Waals surface area contributed by atoms with Gasteiger partial charge in [-0.1, -0.05) is 23.7 Å². The Hall–Kier alpha value is -3.32. The van der Waals surface area contributed by atoms with Crippen LogP contribution in [-0.2, 0) is 6.54 Å². The highest BCUT2D eigenvalue weighted by atomic mass is 35.5. The zero-order valence-electron chi connectivity index (χ0n) is 13.9. The van der Waals surface area contributed by atoms with Gasteiger partial charge in [0.05, 0.1) is 6.54 Å². The van der Waals surface area contributed by atoms with E-state index in [2.05, 4.69) is 20.4 Å². The number of halogens is 2. The van der Waals surface area contributed by atoms with Gasteiger partial charge in [-0.05, 0) is 42.0 Å². The standard InChI is InChI=1S/C19H13ClFN5O/c20-14-5-1-12(2-6-14)11-24-26-18(13-3-7-15(21)8-4-13)25-17-16(19(26)27)22-9-10-23-17/h1-10,24H,11H2. The fraction of sp³-hybridized carbons (Fsp3) is 0.0526. The van der Waals surface area contributed by atoms with E-state index in [0.717, 1.165) is 5.56 Å². The second-order valence-electron chi connectivity index (χ2n) is 5.77.